The van der Waals surface area contributed by atoms with Gasteiger partial charge in [0.15, 0.2) is 0 Å². The Morgan fingerprint density at radius 3 is 2.42 bits per heavy atom. The standard InChI is InChI=1S/C10H18O2/c1-6-8-4-7(10(8,2)3)5-9(6)12-11/h6-9,11H,4-5H2,1-3H3/t6?,7-,8+,9?/m0/s1. The van der Waals surface area contributed by atoms with E-state index in [4.69, 9.17) is 5.26 Å². The predicted molar refractivity (Wildman–Crippen MR) is 46.7 cm³/mol. The van der Waals surface area contributed by atoms with Crippen molar-refractivity contribution >= 4 is 0 Å². The third-order valence-electron chi connectivity index (χ3n) is 4.42. The van der Waals surface area contributed by atoms with E-state index in [9.17, 15) is 0 Å². The highest BCUT2D eigenvalue weighted by atomic mass is 17.1. The molecule has 2 heteroatoms. The molecule has 0 saturated heterocycles. The first-order valence-corrected chi connectivity index (χ1v) is 4.87. The molecule has 4 atom stereocenters. The van der Waals surface area contributed by atoms with Gasteiger partial charge in [-0.2, -0.15) is 0 Å². The smallest absolute Gasteiger partial charge is 0.0958 e. The van der Waals surface area contributed by atoms with Crippen molar-refractivity contribution in [1.82, 2.24) is 0 Å². The molecule has 3 fully saturated rings. The first kappa shape index (κ1) is 8.52. The molecule has 0 spiro atoms. The Labute approximate surface area is 73.8 Å². The first-order chi connectivity index (χ1) is 5.57. The van der Waals surface area contributed by atoms with E-state index in [1.54, 1.807) is 0 Å². The third kappa shape index (κ3) is 0.882. The summed E-state index contributed by atoms with van der Waals surface area (Å²) in [6.07, 6.45) is 2.48. The maximum atomic E-state index is 8.67. The molecule has 3 aliphatic rings. The lowest BCUT2D eigenvalue weighted by Crippen LogP contribution is -2.57. The molecule has 0 heterocycles. The molecule has 0 amide bonds. The second kappa shape index (κ2) is 2.46. The van der Waals surface area contributed by atoms with Gasteiger partial charge in [-0.3, -0.25) is 5.26 Å². The van der Waals surface area contributed by atoms with E-state index in [1.807, 2.05) is 0 Å². The molecular weight excluding hydrogens is 152 g/mol. The molecule has 70 valence electrons. The molecule has 3 aliphatic carbocycles. The fourth-order valence-electron chi connectivity index (χ4n) is 3.24. The predicted octanol–water partition coefficient (Wildman–Crippen LogP) is 2.55. The molecule has 0 aromatic heterocycles. The van der Waals surface area contributed by atoms with Crippen LogP contribution in [0.2, 0.25) is 0 Å². The Hall–Kier alpha value is -0.0800. The second-order valence-corrected chi connectivity index (χ2v) is 5.10. The Bertz CT molecular complexity index is 188. The van der Waals surface area contributed by atoms with Crippen molar-refractivity contribution in [3.63, 3.8) is 0 Å². The van der Waals surface area contributed by atoms with Crippen LogP contribution in [0.1, 0.15) is 33.6 Å². The Morgan fingerprint density at radius 2 is 2.00 bits per heavy atom. The van der Waals surface area contributed by atoms with E-state index in [2.05, 4.69) is 25.7 Å². The van der Waals surface area contributed by atoms with E-state index in [1.165, 1.54) is 6.42 Å². The van der Waals surface area contributed by atoms with Crippen molar-refractivity contribution in [3.05, 3.63) is 0 Å². The van der Waals surface area contributed by atoms with Gasteiger partial charge >= 0.3 is 0 Å². The number of hydrogen-bond acceptors (Lipinski definition) is 2. The Kier molecular flexibility index (Phi) is 1.74. The van der Waals surface area contributed by atoms with Crippen LogP contribution in [-0.2, 0) is 4.89 Å². The van der Waals surface area contributed by atoms with Gasteiger partial charge in [-0.15, -0.1) is 0 Å². The maximum Gasteiger partial charge on any atom is 0.0958 e. The minimum atomic E-state index is 0.0989. The third-order valence-corrected chi connectivity index (χ3v) is 4.42. The highest BCUT2D eigenvalue weighted by Crippen LogP contribution is 2.61. The summed E-state index contributed by atoms with van der Waals surface area (Å²) >= 11 is 0. The second-order valence-electron chi connectivity index (χ2n) is 5.10. The van der Waals surface area contributed by atoms with Gasteiger partial charge in [-0.25, -0.2) is 4.89 Å². The summed E-state index contributed by atoms with van der Waals surface area (Å²) in [4.78, 5) is 4.50. The Morgan fingerprint density at radius 1 is 1.33 bits per heavy atom. The van der Waals surface area contributed by atoms with Gasteiger partial charge in [0.25, 0.3) is 0 Å². The van der Waals surface area contributed by atoms with Crippen LogP contribution in [-0.4, -0.2) is 11.4 Å². The highest BCUT2D eigenvalue weighted by Gasteiger charge is 2.56. The fourth-order valence-corrected chi connectivity index (χ4v) is 3.24. The van der Waals surface area contributed by atoms with Gasteiger partial charge < -0.3 is 0 Å². The van der Waals surface area contributed by atoms with Crippen molar-refractivity contribution in [2.24, 2.45) is 23.2 Å². The molecule has 0 radical (unpaired) electrons. The highest BCUT2D eigenvalue weighted by molar-refractivity contribution is 5.05. The van der Waals surface area contributed by atoms with Crippen LogP contribution in [0.15, 0.2) is 0 Å². The average Bonchev–Trinajstić information content (AvgIpc) is 2.03. The number of fused-ring (bicyclic) bond motifs is 2. The zero-order chi connectivity index (χ0) is 8.93. The first-order valence-electron chi connectivity index (χ1n) is 4.87. The number of rotatable bonds is 1. The molecule has 3 rings (SSSR count). The molecule has 12 heavy (non-hydrogen) atoms. The van der Waals surface area contributed by atoms with Gasteiger partial charge in [-0.1, -0.05) is 20.8 Å². The molecule has 0 aliphatic heterocycles. The normalized spacial score (nSPS) is 50.0. The molecule has 2 nitrogen and oxygen atoms in total. The monoisotopic (exact) mass is 170 g/mol. The lowest BCUT2D eigenvalue weighted by Gasteiger charge is -2.61. The largest absolute Gasteiger partial charge is 0.252 e. The van der Waals surface area contributed by atoms with Crippen LogP contribution in [0.5, 0.6) is 0 Å². The van der Waals surface area contributed by atoms with E-state index >= 15 is 0 Å². The van der Waals surface area contributed by atoms with Crippen LogP contribution >= 0.6 is 0 Å². The molecule has 3 saturated carbocycles. The van der Waals surface area contributed by atoms with Crippen LogP contribution in [0.25, 0.3) is 0 Å². The van der Waals surface area contributed by atoms with Crippen molar-refractivity contribution in [3.8, 4) is 0 Å². The van der Waals surface area contributed by atoms with E-state index in [0.717, 1.165) is 18.3 Å². The fraction of sp³-hybridized carbons (Fsp3) is 1.00. The summed E-state index contributed by atoms with van der Waals surface area (Å²) in [5.41, 5.74) is 0.494. The van der Waals surface area contributed by atoms with Gasteiger partial charge in [0.05, 0.1) is 6.10 Å². The maximum absolute atomic E-state index is 8.67. The lowest BCUT2D eigenvalue weighted by molar-refractivity contribution is -0.324. The van der Waals surface area contributed by atoms with Gasteiger partial charge in [-0.05, 0) is 36.0 Å². The van der Waals surface area contributed by atoms with E-state index < -0.39 is 0 Å². The SMILES string of the molecule is CC1C(OO)C[C@@H]2C[C@H]1C2(C)C. The molecule has 0 aromatic carbocycles. The van der Waals surface area contributed by atoms with Gasteiger partial charge in [0, 0.05) is 0 Å². The summed E-state index contributed by atoms with van der Waals surface area (Å²) in [7, 11) is 0. The summed E-state index contributed by atoms with van der Waals surface area (Å²) in [5.74, 6) is 2.05. The summed E-state index contributed by atoms with van der Waals surface area (Å²) in [5, 5.41) is 8.67. The van der Waals surface area contributed by atoms with Crippen molar-refractivity contribution < 1.29 is 10.1 Å². The van der Waals surface area contributed by atoms with Crippen molar-refractivity contribution in [1.29, 1.82) is 0 Å². The summed E-state index contributed by atoms with van der Waals surface area (Å²) in [6, 6.07) is 0. The number of hydrogen-bond donors (Lipinski definition) is 1. The topological polar surface area (TPSA) is 29.5 Å². The molecule has 2 bridgehead atoms. The van der Waals surface area contributed by atoms with Crippen molar-refractivity contribution in [2.45, 2.75) is 39.7 Å². The average molecular weight is 170 g/mol. The molecule has 0 aromatic rings. The van der Waals surface area contributed by atoms with Gasteiger partial charge in [0.2, 0.25) is 0 Å². The summed E-state index contributed by atoms with van der Waals surface area (Å²) in [6.45, 7) is 6.88. The van der Waals surface area contributed by atoms with Crippen LogP contribution in [0.3, 0.4) is 0 Å². The molecule has 1 N–H and O–H groups in total. The van der Waals surface area contributed by atoms with Crippen LogP contribution in [0.4, 0.5) is 0 Å². The minimum Gasteiger partial charge on any atom is -0.252 e. The molecular formula is C10H18O2. The zero-order valence-corrected chi connectivity index (χ0v) is 8.08. The quantitative estimate of drug-likeness (QED) is 0.484. The minimum absolute atomic E-state index is 0.0989. The van der Waals surface area contributed by atoms with E-state index in [0.29, 0.717) is 11.3 Å². The molecule has 2 unspecified atom stereocenters. The summed E-state index contributed by atoms with van der Waals surface area (Å²) < 4.78 is 0. The lowest BCUT2D eigenvalue weighted by atomic mass is 9.45. The van der Waals surface area contributed by atoms with Crippen molar-refractivity contribution in [2.75, 3.05) is 0 Å². The van der Waals surface area contributed by atoms with Crippen LogP contribution < -0.4 is 0 Å². The van der Waals surface area contributed by atoms with E-state index in [-0.39, 0.29) is 6.10 Å². The zero-order valence-electron chi connectivity index (χ0n) is 8.08. The Balaban J connectivity index is 2.11. The van der Waals surface area contributed by atoms with Gasteiger partial charge in [0.1, 0.15) is 0 Å². The van der Waals surface area contributed by atoms with Crippen LogP contribution in [0, 0.1) is 23.2 Å².